The molecular weight excluding hydrogens is 252 g/mol. The summed E-state index contributed by atoms with van der Waals surface area (Å²) in [6, 6.07) is 2.15. The van der Waals surface area contributed by atoms with Crippen LogP contribution >= 0.6 is 15.9 Å². The minimum atomic E-state index is 1.07. The van der Waals surface area contributed by atoms with E-state index in [1.54, 1.807) is 0 Å². The van der Waals surface area contributed by atoms with Gasteiger partial charge < -0.3 is 5.32 Å². The third kappa shape index (κ3) is 5.90. The smallest absolute Gasteiger partial charge is 0.0410 e. The maximum Gasteiger partial charge on any atom is 0.0410 e. The molecule has 0 amide bonds. The molecule has 0 aliphatic rings. The van der Waals surface area contributed by atoms with Gasteiger partial charge in [0.1, 0.15) is 0 Å². The molecule has 2 nitrogen and oxygen atoms in total. The zero-order valence-electron chi connectivity index (χ0n) is 9.30. The van der Waals surface area contributed by atoms with Crippen LogP contribution in [0.4, 0.5) is 0 Å². The molecule has 0 fully saturated rings. The van der Waals surface area contributed by atoms with Gasteiger partial charge in [-0.15, -0.1) is 0 Å². The van der Waals surface area contributed by atoms with Crippen LogP contribution in [0.3, 0.4) is 0 Å². The number of aryl methyl sites for hydroxylation is 1. The van der Waals surface area contributed by atoms with Crippen molar-refractivity contribution >= 4 is 15.9 Å². The fraction of sp³-hybridized carbons (Fsp3) is 0.583. The van der Waals surface area contributed by atoms with Crippen LogP contribution in [0.1, 0.15) is 31.7 Å². The Hall–Kier alpha value is -0.410. The Bertz CT molecular complexity index is 276. The summed E-state index contributed by atoms with van der Waals surface area (Å²) >= 11 is 3.43. The van der Waals surface area contributed by atoms with Gasteiger partial charge in [0, 0.05) is 16.9 Å². The molecule has 0 spiro atoms. The second kappa shape index (κ2) is 7.83. The van der Waals surface area contributed by atoms with Crippen LogP contribution in [0.25, 0.3) is 0 Å². The van der Waals surface area contributed by atoms with Crippen molar-refractivity contribution in [3.8, 4) is 0 Å². The Kier molecular flexibility index (Phi) is 6.60. The third-order valence-corrected chi connectivity index (χ3v) is 2.69. The quantitative estimate of drug-likeness (QED) is 0.770. The Morgan fingerprint density at radius 3 is 2.87 bits per heavy atom. The molecule has 3 heteroatoms. The molecule has 1 aromatic rings. The molecule has 84 valence electrons. The Morgan fingerprint density at radius 1 is 1.27 bits per heavy atom. The highest BCUT2D eigenvalue weighted by atomic mass is 79.9. The predicted octanol–water partition coefficient (Wildman–Crippen LogP) is 3.17. The van der Waals surface area contributed by atoms with E-state index in [1.807, 2.05) is 12.4 Å². The first-order chi connectivity index (χ1) is 7.33. The number of nitrogens with zero attached hydrogens (tertiary/aromatic N) is 1. The average molecular weight is 271 g/mol. The van der Waals surface area contributed by atoms with Crippen molar-refractivity contribution in [1.29, 1.82) is 0 Å². The summed E-state index contributed by atoms with van der Waals surface area (Å²) in [5.74, 6) is 0. The summed E-state index contributed by atoms with van der Waals surface area (Å²) in [7, 11) is 0. The van der Waals surface area contributed by atoms with Crippen molar-refractivity contribution in [3.63, 3.8) is 0 Å². The highest BCUT2D eigenvalue weighted by Crippen LogP contribution is 2.11. The van der Waals surface area contributed by atoms with Gasteiger partial charge in [0.15, 0.2) is 0 Å². The number of pyridine rings is 1. The van der Waals surface area contributed by atoms with Crippen LogP contribution in [-0.4, -0.2) is 18.1 Å². The standard InChI is InChI=1S/C12H19BrN2/c1-2-6-14-7-4-3-5-11-8-12(13)10-15-9-11/h8-10,14H,2-7H2,1H3. The summed E-state index contributed by atoms with van der Waals surface area (Å²) in [6.45, 7) is 4.47. The van der Waals surface area contributed by atoms with Gasteiger partial charge in [0.05, 0.1) is 0 Å². The molecule has 0 atom stereocenters. The fourth-order valence-corrected chi connectivity index (χ4v) is 1.89. The monoisotopic (exact) mass is 270 g/mol. The second-order valence-corrected chi connectivity index (χ2v) is 4.63. The lowest BCUT2D eigenvalue weighted by molar-refractivity contribution is 0.616. The molecule has 1 heterocycles. The van der Waals surface area contributed by atoms with E-state index in [9.17, 15) is 0 Å². The number of nitrogens with one attached hydrogen (secondary N) is 1. The number of hydrogen-bond acceptors (Lipinski definition) is 2. The Labute approximate surface area is 101 Å². The minimum Gasteiger partial charge on any atom is -0.317 e. The topological polar surface area (TPSA) is 24.9 Å². The maximum absolute atomic E-state index is 4.15. The highest BCUT2D eigenvalue weighted by molar-refractivity contribution is 9.10. The van der Waals surface area contributed by atoms with E-state index in [2.05, 4.69) is 39.2 Å². The van der Waals surface area contributed by atoms with Gasteiger partial charge in [-0.1, -0.05) is 6.92 Å². The van der Waals surface area contributed by atoms with E-state index in [-0.39, 0.29) is 0 Å². The SMILES string of the molecule is CCCNCCCCc1cncc(Br)c1. The van der Waals surface area contributed by atoms with Crippen LogP contribution in [0.15, 0.2) is 22.9 Å². The summed E-state index contributed by atoms with van der Waals surface area (Å²) in [6.07, 6.45) is 8.59. The van der Waals surface area contributed by atoms with Crippen LogP contribution in [0.5, 0.6) is 0 Å². The molecule has 0 radical (unpaired) electrons. The molecule has 1 rings (SSSR count). The van der Waals surface area contributed by atoms with E-state index in [4.69, 9.17) is 0 Å². The van der Waals surface area contributed by atoms with E-state index in [0.29, 0.717) is 0 Å². The molecule has 0 saturated carbocycles. The molecule has 0 unspecified atom stereocenters. The van der Waals surface area contributed by atoms with Crippen molar-refractivity contribution in [1.82, 2.24) is 10.3 Å². The fourth-order valence-electron chi connectivity index (χ4n) is 1.47. The van der Waals surface area contributed by atoms with E-state index in [1.165, 1.54) is 24.8 Å². The molecule has 1 aromatic heterocycles. The lowest BCUT2D eigenvalue weighted by Gasteiger charge is -2.03. The zero-order valence-corrected chi connectivity index (χ0v) is 10.9. The van der Waals surface area contributed by atoms with E-state index >= 15 is 0 Å². The Morgan fingerprint density at radius 2 is 2.13 bits per heavy atom. The summed E-state index contributed by atoms with van der Waals surface area (Å²) in [5.41, 5.74) is 1.32. The van der Waals surface area contributed by atoms with Crippen molar-refractivity contribution in [2.24, 2.45) is 0 Å². The van der Waals surface area contributed by atoms with Gasteiger partial charge in [0.2, 0.25) is 0 Å². The van der Waals surface area contributed by atoms with Gasteiger partial charge in [-0.25, -0.2) is 0 Å². The molecular formula is C12H19BrN2. The minimum absolute atomic E-state index is 1.07. The van der Waals surface area contributed by atoms with Crippen molar-refractivity contribution < 1.29 is 0 Å². The Balaban J connectivity index is 2.10. The first kappa shape index (κ1) is 12.7. The predicted molar refractivity (Wildman–Crippen MR) is 68.0 cm³/mol. The van der Waals surface area contributed by atoms with Crippen molar-refractivity contribution in [2.45, 2.75) is 32.6 Å². The summed E-state index contributed by atoms with van der Waals surface area (Å²) < 4.78 is 1.07. The van der Waals surface area contributed by atoms with Crippen LogP contribution in [-0.2, 0) is 6.42 Å². The van der Waals surface area contributed by atoms with E-state index in [0.717, 1.165) is 24.0 Å². The van der Waals surface area contributed by atoms with Crippen LogP contribution in [0.2, 0.25) is 0 Å². The van der Waals surface area contributed by atoms with Gasteiger partial charge in [-0.3, -0.25) is 4.98 Å². The molecule has 0 bridgehead atoms. The number of hydrogen-bond donors (Lipinski definition) is 1. The van der Waals surface area contributed by atoms with Crippen molar-refractivity contribution in [3.05, 3.63) is 28.5 Å². The van der Waals surface area contributed by atoms with Gasteiger partial charge >= 0.3 is 0 Å². The zero-order chi connectivity index (χ0) is 10.9. The van der Waals surface area contributed by atoms with E-state index < -0.39 is 0 Å². The molecule has 0 aromatic carbocycles. The summed E-state index contributed by atoms with van der Waals surface area (Å²) in [4.78, 5) is 4.15. The molecule has 1 N–H and O–H groups in total. The van der Waals surface area contributed by atoms with Gasteiger partial charge in [-0.05, 0) is 66.3 Å². The van der Waals surface area contributed by atoms with Crippen LogP contribution in [0, 0.1) is 0 Å². The normalized spacial score (nSPS) is 10.5. The highest BCUT2D eigenvalue weighted by Gasteiger charge is 1.95. The molecule has 0 aliphatic heterocycles. The lowest BCUT2D eigenvalue weighted by atomic mass is 10.1. The summed E-state index contributed by atoms with van der Waals surface area (Å²) in [5, 5.41) is 3.41. The molecule has 0 aliphatic carbocycles. The molecule has 0 saturated heterocycles. The number of halogens is 1. The van der Waals surface area contributed by atoms with Crippen molar-refractivity contribution in [2.75, 3.05) is 13.1 Å². The molecule has 15 heavy (non-hydrogen) atoms. The number of rotatable bonds is 7. The largest absolute Gasteiger partial charge is 0.317 e. The van der Waals surface area contributed by atoms with Gasteiger partial charge in [-0.2, -0.15) is 0 Å². The second-order valence-electron chi connectivity index (χ2n) is 3.72. The average Bonchev–Trinajstić information content (AvgIpc) is 2.23. The van der Waals surface area contributed by atoms with Crippen LogP contribution < -0.4 is 5.32 Å². The first-order valence-corrected chi connectivity index (χ1v) is 6.42. The number of aromatic nitrogens is 1. The lowest BCUT2D eigenvalue weighted by Crippen LogP contribution is -2.15. The first-order valence-electron chi connectivity index (χ1n) is 5.63. The van der Waals surface area contributed by atoms with Gasteiger partial charge in [0.25, 0.3) is 0 Å². The third-order valence-electron chi connectivity index (χ3n) is 2.26. The number of unbranched alkanes of at least 4 members (excludes halogenated alkanes) is 1. The maximum atomic E-state index is 4.15.